The maximum Gasteiger partial charge on any atom is 0.278 e. The second-order valence-corrected chi connectivity index (χ2v) is 8.76. The zero-order chi connectivity index (χ0) is 22.7. The van der Waals surface area contributed by atoms with Crippen LogP contribution in [0.5, 0.6) is 0 Å². The van der Waals surface area contributed by atoms with Crippen molar-refractivity contribution in [2.45, 2.75) is 32.6 Å². The summed E-state index contributed by atoms with van der Waals surface area (Å²) in [7, 11) is 1.57. The van der Waals surface area contributed by atoms with E-state index in [0.717, 1.165) is 36.1 Å². The zero-order valence-corrected chi connectivity index (χ0v) is 18.7. The number of aromatic nitrogens is 1. The van der Waals surface area contributed by atoms with Crippen LogP contribution in [0.15, 0.2) is 28.8 Å². The topological polar surface area (TPSA) is 93.5 Å². The maximum absolute atomic E-state index is 13.9. The summed E-state index contributed by atoms with van der Waals surface area (Å²) in [4.78, 5) is 26.9. The summed E-state index contributed by atoms with van der Waals surface area (Å²) in [5, 5.41) is 10.0. The highest BCUT2D eigenvalue weighted by atomic mass is 32.1. The highest BCUT2D eigenvalue weighted by Gasteiger charge is 2.27. The third kappa shape index (κ3) is 4.58. The van der Waals surface area contributed by atoms with Gasteiger partial charge in [-0.15, -0.1) is 11.3 Å². The lowest BCUT2D eigenvalue weighted by Crippen LogP contribution is -2.28. The van der Waals surface area contributed by atoms with E-state index in [1.165, 1.54) is 23.5 Å². The molecule has 168 valence electrons. The van der Waals surface area contributed by atoms with E-state index in [1.54, 1.807) is 26.2 Å². The van der Waals surface area contributed by atoms with Crippen molar-refractivity contribution in [1.82, 2.24) is 10.5 Å². The monoisotopic (exact) mass is 457 g/mol. The van der Waals surface area contributed by atoms with E-state index in [4.69, 9.17) is 9.26 Å². The van der Waals surface area contributed by atoms with Gasteiger partial charge in [0.1, 0.15) is 10.8 Å². The Morgan fingerprint density at radius 2 is 2.03 bits per heavy atom. The molecule has 1 aliphatic rings. The maximum atomic E-state index is 13.9. The van der Waals surface area contributed by atoms with E-state index in [9.17, 15) is 14.0 Å². The number of aryl methyl sites for hydroxylation is 2. The lowest BCUT2D eigenvalue weighted by molar-refractivity contribution is 0.0937. The Morgan fingerprint density at radius 1 is 1.22 bits per heavy atom. The lowest BCUT2D eigenvalue weighted by atomic mass is 9.95. The van der Waals surface area contributed by atoms with Crippen LogP contribution in [0.3, 0.4) is 0 Å². The molecule has 0 aliphatic heterocycles. The number of hydrogen-bond donors (Lipinski definition) is 2. The summed E-state index contributed by atoms with van der Waals surface area (Å²) in [5.41, 5.74) is 2.58. The number of anilines is 1. The first kappa shape index (κ1) is 22.2. The van der Waals surface area contributed by atoms with Gasteiger partial charge in [0, 0.05) is 30.2 Å². The normalized spacial score (nSPS) is 13.0. The lowest BCUT2D eigenvalue weighted by Gasteiger charge is -2.13. The summed E-state index contributed by atoms with van der Waals surface area (Å²) in [6.07, 6.45) is 3.77. The molecule has 2 heterocycles. The summed E-state index contributed by atoms with van der Waals surface area (Å²) in [6, 6.07) is 6.15. The Kier molecular flexibility index (Phi) is 6.66. The smallest absolute Gasteiger partial charge is 0.278 e. The second kappa shape index (κ2) is 9.62. The molecule has 1 aromatic carbocycles. The number of methoxy groups -OCH3 is 1. The van der Waals surface area contributed by atoms with Crippen LogP contribution >= 0.6 is 11.3 Å². The van der Waals surface area contributed by atoms with Crippen LogP contribution < -0.4 is 10.6 Å². The van der Waals surface area contributed by atoms with Crippen LogP contribution in [-0.2, 0) is 17.6 Å². The van der Waals surface area contributed by atoms with Gasteiger partial charge >= 0.3 is 0 Å². The number of halogens is 1. The molecule has 0 radical (unpaired) electrons. The van der Waals surface area contributed by atoms with E-state index >= 15 is 0 Å². The van der Waals surface area contributed by atoms with Crippen LogP contribution in [0.2, 0.25) is 0 Å². The molecule has 3 aromatic rings. The Labute approximate surface area is 188 Å². The molecule has 0 saturated carbocycles. The van der Waals surface area contributed by atoms with Gasteiger partial charge in [-0.25, -0.2) is 4.39 Å². The predicted octanol–water partition coefficient (Wildman–Crippen LogP) is 4.36. The summed E-state index contributed by atoms with van der Waals surface area (Å²) in [6.45, 7) is 2.45. The second-order valence-electron chi connectivity index (χ2n) is 7.66. The van der Waals surface area contributed by atoms with Gasteiger partial charge in [-0.2, -0.15) is 0 Å². The van der Waals surface area contributed by atoms with Gasteiger partial charge in [-0.1, -0.05) is 17.3 Å². The molecule has 2 N–H and O–H groups in total. The number of nitrogens with one attached hydrogen (secondary N) is 2. The van der Waals surface area contributed by atoms with Crippen molar-refractivity contribution in [1.29, 1.82) is 0 Å². The van der Waals surface area contributed by atoms with Crippen molar-refractivity contribution in [3.63, 3.8) is 0 Å². The van der Waals surface area contributed by atoms with Gasteiger partial charge in [0.2, 0.25) is 0 Å². The number of amides is 2. The highest BCUT2D eigenvalue weighted by Crippen LogP contribution is 2.38. The number of carbonyl (C=O) groups excluding carboxylic acids is 2. The number of benzene rings is 1. The first-order chi connectivity index (χ1) is 15.5. The Morgan fingerprint density at radius 3 is 2.81 bits per heavy atom. The third-order valence-corrected chi connectivity index (χ3v) is 6.62. The average molecular weight is 458 g/mol. The van der Waals surface area contributed by atoms with Crippen LogP contribution in [0.1, 0.15) is 49.7 Å². The van der Waals surface area contributed by atoms with Gasteiger partial charge < -0.3 is 19.9 Å². The van der Waals surface area contributed by atoms with Crippen molar-refractivity contribution < 1.29 is 23.2 Å². The van der Waals surface area contributed by atoms with Crippen molar-refractivity contribution in [2.24, 2.45) is 0 Å². The van der Waals surface area contributed by atoms with Gasteiger partial charge in [-0.05, 0) is 49.8 Å². The largest absolute Gasteiger partial charge is 0.383 e. The molecule has 1 aliphatic carbocycles. The van der Waals surface area contributed by atoms with E-state index < -0.39 is 5.91 Å². The Bertz CT molecular complexity index is 1150. The summed E-state index contributed by atoms with van der Waals surface area (Å²) >= 11 is 1.43. The van der Waals surface area contributed by atoms with Gasteiger partial charge in [0.05, 0.1) is 12.2 Å². The van der Waals surface area contributed by atoms with E-state index in [0.29, 0.717) is 34.8 Å². The number of ether oxygens (including phenoxy) is 1. The SMILES string of the molecule is COCCNC(=O)c1c(NC(=O)c2cc(-c3ccc(C)c(F)c3)on2)sc2c1CCCC2. The first-order valence-electron chi connectivity index (χ1n) is 10.4. The van der Waals surface area contributed by atoms with Crippen LogP contribution in [-0.4, -0.2) is 37.2 Å². The van der Waals surface area contributed by atoms with Gasteiger partial charge in [-0.3, -0.25) is 9.59 Å². The number of nitrogens with zero attached hydrogens (tertiary/aromatic N) is 1. The zero-order valence-electron chi connectivity index (χ0n) is 17.9. The van der Waals surface area contributed by atoms with Crippen molar-refractivity contribution in [2.75, 3.05) is 25.6 Å². The molecule has 0 bridgehead atoms. The Balaban J connectivity index is 1.57. The number of thiophene rings is 1. The van der Waals surface area contributed by atoms with Crippen LogP contribution in [0.4, 0.5) is 9.39 Å². The van der Waals surface area contributed by atoms with Gasteiger partial charge in [0.15, 0.2) is 11.5 Å². The fourth-order valence-corrected chi connectivity index (χ4v) is 4.96. The Hall–Kier alpha value is -3.04. The van der Waals surface area contributed by atoms with Crippen LogP contribution in [0.25, 0.3) is 11.3 Å². The molecule has 0 saturated heterocycles. The average Bonchev–Trinajstić information content (AvgIpc) is 3.41. The third-order valence-electron chi connectivity index (χ3n) is 5.42. The summed E-state index contributed by atoms with van der Waals surface area (Å²) < 4.78 is 24.1. The molecule has 2 amide bonds. The molecule has 0 atom stereocenters. The molecule has 0 unspecified atom stereocenters. The number of rotatable bonds is 7. The highest BCUT2D eigenvalue weighted by molar-refractivity contribution is 7.17. The first-order valence-corrected chi connectivity index (χ1v) is 11.3. The van der Waals surface area contributed by atoms with Gasteiger partial charge in [0.25, 0.3) is 11.8 Å². The molecule has 2 aromatic heterocycles. The van der Waals surface area contributed by atoms with E-state index in [2.05, 4.69) is 15.8 Å². The molecule has 0 fully saturated rings. The number of hydrogen-bond acceptors (Lipinski definition) is 6. The minimum atomic E-state index is -0.489. The fraction of sp³-hybridized carbons (Fsp3) is 0.348. The number of fused-ring (bicyclic) bond motifs is 1. The molecule has 9 heteroatoms. The standard InChI is InChI=1S/C23H24FN3O4S/c1-13-7-8-14(11-16(13)24)18-12-17(27-31-18)21(28)26-23-20(22(29)25-9-10-30-2)15-5-3-4-6-19(15)32-23/h7-8,11-12H,3-6,9-10H2,1-2H3,(H,25,29)(H,26,28). The molecular weight excluding hydrogens is 433 g/mol. The van der Waals surface area contributed by atoms with Crippen molar-refractivity contribution in [3.05, 3.63) is 57.3 Å². The van der Waals surface area contributed by atoms with Crippen molar-refractivity contribution in [3.8, 4) is 11.3 Å². The quantitative estimate of drug-likeness (QED) is 0.514. The van der Waals surface area contributed by atoms with Crippen molar-refractivity contribution >= 4 is 28.2 Å². The number of carbonyl (C=O) groups is 2. The minimum Gasteiger partial charge on any atom is -0.383 e. The summed E-state index contributed by atoms with van der Waals surface area (Å²) in [5.74, 6) is -0.792. The predicted molar refractivity (Wildman–Crippen MR) is 120 cm³/mol. The fourth-order valence-electron chi connectivity index (χ4n) is 3.68. The molecule has 7 nitrogen and oxygen atoms in total. The molecular formula is C23H24FN3O4S. The van der Waals surface area contributed by atoms with E-state index in [1.807, 2.05) is 0 Å². The minimum absolute atomic E-state index is 0.0538. The van der Waals surface area contributed by atoms with Crippen LogP contribution in [0, 0.1) is 12.7 Å². The molecule has 4 rings (SSSR count). The van der Waals surface area contributed by atoms with E-state index in [-0.39, 0.29) is 23.2 Å². The molecule has 32 heavy (non-hydrogen) atoms. The molecule has 0 spiro atoms.